The molecule has 1 fully saturated rings. The number of nitrogens with zero attached hydrogens (tertiary/aromatic N) is 3. The van der Waals surface area contributed by atoms with Gasteiger partial charge in [0.1, 0.15) is 5.82 Å². The summed E-state index contributed by atoms with van der Waals surface area (Å²) in [6, 6.07) is 27.6. The van der Waals surface area contributed by atoms with Crippen LogP contribution in [0, 0.1) is 0 Å². The number of fused-ring (bicyclic) bond motifs is 1. The fourth-order valence-electron chi connectivity index (χ4n) is 4.53. The molecule has 0 unspecified atom stereocenters. The maximum absolute atomic E-state index is 12.5. The van der Waals surface area contributed by atoms with Crippen LogP contribution in [-0.2, 0) is 6.54 Å². The summed E-state index contributed by atoms with van der Waals surface area (Å²) in [6.45, 7) is 0.561. The Balaban J connectivity index is 1.10. The van der Waals surface area contributed by atoms with E-state index >= 15 is 0 Å². The van der Waals surface area contributed by atoms with Crippen molar-refractivity contribution in [2.24, 2.45) is 0 Å². The molecule has 2 atom stereocenters. The average Bonchev–Trinajstić information content (AvgIpc) is 3.60. The Morgan fingerprint density at radius 1 is 1.03 bits per heavy atom. The fraction of sp³-hybridized carbons (Fsp3) is 0.138. The lowest BCUT2D eigenvalue weighted by Gasteiger charge is -2.12. The average molecular weight is 588 g/mol. The van der Waals surface area contributed by atoms with Crippen molar-refractivity contribution in [2.75, 3.05) is 10.6 Å². The van der Waals surface area contributed by atoms with Gasteiger partial charge in [-0.1, -0.05) is 72.3 Å². The minimum absolute atomic E-state index is 0.177. The van der Waals surface area contributed by atoms with Crippen LogP contribution in [0.15, 0.2) is 95.6 Å². The van der Waals surface area contributed by atoms with Crippen LogP contribution in [0.4, 0.5) is 16.3 Å². The highest BCUT2D eigenvalue weighted by molar-refractivity contribution is 9.10. The summed E-state index contributed by atoms with van der Waals surface area (Å²) < 4.78 is 2.55. The third-order valence-corrected chi connectivity index (χ3v) is 7.49. The maximum Gasteiger partial charge on any atom is 0.319 e. The lowest BCUT2D eigenvalue weighted by Crippen LogP contribution is -2.31. The number of hydrogen-bond donors (Lipinski definition) is 3. The molecule has 7 nitrogen and oxygen atoms in total. The normalized spacial score (nSPS) is 16.3. The molecule has 0 aliphatic heterocycles. The number of carbonyl (C=O) groups excluding carboxylic acids is 1. The number of hydrogen-bond acceptors (Lipinski definition) is 4. The lowest BCUT2D eigenvalue weighted by atomic mass is 10.1. The van der Waals surface area contributed by atoms with E-state index in [0.29, 0.717) is 23.1 Å². The quantitative estimate of drug-likeness (QED) is 0.190. The van der Waals surface area contributed by atoms with Crippen molar-refractivity contribution in [2.45, 2.75) is 24.9 Å². The molecular formula is C29H24BrClN6O. The van der Waals surface area contributed by atoms with Gasteiger partial charge in [-0.05, 0) is 51.7 Å². The van der Waals surface area contributed by atoms with E-state index in [1.165, 1.54) is 5.56 Å². The first kappa shape index (κ1) is 24.5. The van der Waals surface area contributed by atoms with E-state index in [2.05, 4.69) is 49.1 Å². The van der Waals surface area contributed by atoms with E-state index in [1.54, 1.807) is 10.7 Å². The number of nitrogens with one attached hydrogen (secondary N) is 3. The Morgan fingerprint density at radius 2 is 1.79 bits per heavy atom. The Kier molecular flexibility index (Phi) is 6.74. The van der Waals surface area contributed by atoms with Gasteiger partial charge in [-0.15, -0.1) is 0 Å². The van der Waals surface area contributed by atoms with E-state index < -0.39 is 0 Å². The molecule has 1 aliphatic rings. The molecule has 1 aliphatic carbocycles. The second kappa shape index (κ2) is 10.5. The third-order valence-electron chi connectivity index (χ3n) is 6.60. The van der Waals surface area contributed by atoms with Crippen molar-refractivity contribution in [3.8, 4) is 11.3 Å². The summed E-state index contributed by atoms with van der Waals surface area (Å²) in [5.74, 6) is 1.18. The van der Waals surface area contributed by atoms with Crippen molar-refractivity contribution in [1.29, 1.82) is 0 Å². The zero-order valence-corrected chi connectivity index (χ0v) is 22.6. The minimum Gasteiger partial charge on any atom is -0.366 e. The predicted octanol–water partition coefficient (Wildman–Crippen LogP) is 7.10. The molecule has 38 heavy (non-hydrogen) atoms. The highest BCUT2D eigenvalue weighted by Crippen LogP contribution is 2.40. The van der Waals surface area contributed by atoms with Gasteiger partial charge in [0.05, 0.1) is 16.4 Å². The number of aromatic nitrogens is 3. The second-order valence-corrected chi connectivity index (χ2v) is 10.5. The predicted molar refractivity (Wildman–Crippen MR) is 155 cm³/mol. The van der Waals surface area contributed by atoms with Gasteiger partial charge >= 0.3 is 6.03 Å². The van der Waals surface area contributed by atoms with Crippen LogP contribution in [0.5, 0.6) is 0 Å². The molecule has 2 amide bonds. The smallest absolute Gasteiger partial charge is 0.319 e. The molecule has 0 radical (unpaired) electrons. The molecule has 1 saturated carbocycles. The summed E-state index contributed by atoms with van der Waals surface area (Å²) in [6.07, 6.45) is 2.69. The first-order valence-corrected chi connectivity index (χ1v) is 13.5. The van der Waals surface area contributed by atoms with Crippen molar-refractivity contribution >= 4 is 50.7 Å². The topological polar surface area (TPSA) is 83.3 Å². The summed E-state index contributed by atoms with van der Waals surface area (Å²) in [7, 11) is 0. The van der Waals surface area contributed by atoms with E-state index in [4.69, 9.17) is 16.6 Å². The van der Waals surface area contributed by atoms with Gasteiger partial charge < -0.3 is 16.0 Å². The summed E-state index contributed by atoms with van der Waals surface area (Å²) in [5, 5.41) is 14.5. The Morgan fingerprint density at radius 3 is 2.58 bits per heavy atom. The number of carbonyl (C=O) groups is 1. The van der Waals surface area contributed by atoms with E-state index in [0.717, 1.165) is 39.2 Å². The lowest BCUT2D eigenvalue weighted by molar-refractivity contribution is 0.251. The first-order valence-electron chi connectivity index (χ1n) is 12.3. The molecule has 0 spiro atoms. The summed E-state index contributed by atoms with van der Waals surface area (Å²) in [5.41, 5.74) is 5.36. The zero-order valence-electron chi connectivity index (χ0n) is 20.2. The molecule has 5 aromatic rings. The number of anilines is 2. The summed E-state index contributed by atoms with van der Waals surface area (Å²) in [4.78, 5) is 17.2. The number of amides is 2. The van der Waals surface area contributed by atoms with Crippen molar-refractivity contribution < 1.29 is 4.79 Å². The maximum atomic E-state index is 12.5. The monoisotopic (exact) mass is 586 g/mol. The summed E-state index contributed by atoms with van der Waals surface area (Å²) >= 11 is 9.97. The van der Waals surface area contributed by atoms with Crippen LogP contribution in [0.3, 0.4) is 0 Å². The molecule has 0 saturated heterocycles. The van der Waals surface area contributed by atoms with Crippen LogP contribution in [0.25, 0.3) is 16.9 Å². The molecule has 3 aromatic carbocycles. The van der Waals surface area contributed by atoms with Crippen LogP contribution >= 0.6 is 27.5 Å². The van der Waals surface area contributed by atoms with Crippen molar-refractivity contribution in [1.82, 2.24) is 19.9 Å². The van der Waals surface area contributed by atoms with Gasteiger partial charge in [-0.25, -0.2) is 9.78 Å². The molecule has 190 valence electrons. The molecule has 0 bridgehead atoms. The van der Waals surface area contributed by atoms with E-state index in [-0.39, 0.29) is 12.1 Å². The van der Waals surface area contributed by atoms with Crippen molar-refractivity contribution in [3.05, 3.63) is 112 Å². The molecule has 6 rings (SSSR count). The van der Waals surface area contributed by atoms with Crippen LogP contribution in [-0.4, -0.2) is 26.7 Å². The van der Waals surface area contributed by atoms with Gasteiger partial charge in [0.25, 0.3) is 0 Å². The van der Waals surface area contributed by atoms with Gasteiger partial charge in [0.15, 0.2) is 5.65 Å². The van der Waals surface area contributed by atoms with Gasteiger partial charge in [-0.2, -0.15) is 9.61 Å². The molecule has 2 aromatic heterocycles. The number of rotatable bonds is 7. The van der Waals surface area contributed by atoms with Crippen LogP contribution in [0.2, 0.25) is 5.02 Å². The zero-order chi connectivity index (χ0) is 26.1. The van der Waals surface area contributed by atoms with E-state index in [9.17, 15) is 4.79 Å². The van der Waals surface area contributed by atoms with Crippen LogP contribution < -0.4 is 16.0 Å². The van der Waals surface area contributed by atoms with Gasteiger partial charge in [-0.3, -0.25) is 0 Å². The number of halogens is 2. The Bertz CT molecular complexity index is 1610. The second-order valence-electron chi connectivity index (χ2n) is 9.24. The Hall–Kier alpha value is -3.88. The Labute approximate surface area is 233 Å². The first-order chi connectivity index (χ1) is 18.5. The number of urea groups is 1. The van der Waals surface area contributed by atoms with Gasteiger partial charge in [0.2, 0.25) is 0 Å². The standard InChI is InChI=1S/C29H24BrClN6O/c30-23-17-33-37-27(15-26(35-28(23)37)21-8-4-5-9-24(21)31)32-16-18-10-12-20(13-11-18)34-29(38)36-25-14-22(25)19-6-2-1-3-7-19/h1-13,15,17,22,25,32H,14,16H2,(H2,34,36,38)/t22-,25+/m0/s1. The SMILES string of the molecule is O=C(Nc1ccc(CNc2cc(-c3ccccc3Cl)nc3c(Br)cnn23)cc1)N[C@@H]1C[C@H]1c1ccccc1. The molecular weight excluding hydrogens is 564 g/mol. The molecule has 9 heteroatoms. The highest BCUT2D eigenvalue weighted by atomic mass is 79.9. The third kappa shape index (κ3) is 5.23. The van der Waals surface area contributed by atoms with E-state index in [1.807, 2.05) is 72.8 Å². The minimum atomic E-state index is -0.185. The fourth-order valence-corrected chi connectivity index (χ4v) is 5.11. The highest BCUT2D eigenvalue weighted by Gasteiger charge is 2.39. The molecule has 2 heterocycles. The van der Waals surface area contributed by atoms with Crippen molar-refractivity contribution in [3.63, 3.8) is 0 Å². The number of benzene rings is 3. The largest absolute Gasteiger partial charge is 0.366 e. The molecule has 3 N–H and O–H groups in total. The van der Waals surface area contributed by atoms with Crippen LogP contribution in [0.1, 0.15) is 23.5 Å². The van der Waals surface area contributed by atoms with Gasteiger partial charge in [0, 0.05) is 40.8 Å².